The van der Waals surface area contributed by atoms with Crippen LogP contribution >= 0.6 is 0 Å². The third-order valence-electron chi connectivity index (χ3n) is 5.01. The molecule has 0 radical (unpaired) electrons. The highest BCUT2D eigenvalue weighted by Crippen LogP contribution is 2.45. The summed E-state index contributed by atoms with van der Waals surface area (Å²) in [7, 11) is 0. The van der Waals surface area contributed by atoms with Gasteiger partial charge in [0.05, 0.1) is 5.92 Å². The van der Waals surface area contributed by atoms with E-state index < -0.39 is 0 Å². The van der Waals surface area contributed by atoms with E-state index in [1.165, 1.54) is 6.42 Å². The monoisotopic (exact) mass is 307 g/mol. The molecule has 0 spiro atoms. The number of piperidine rings is 1. The first kappa shape index (κ1) is 14.3. The lowest BCUT2D eigenvalue weighted by Gasteiger charge is -2.37. The van der Waals surface area contributed by atoms with Crippen LogP contribution in [0.2, 0.25) is 0 Å². The van der Waals surface area contributed by atoms with E-state index >= 15 is 0 Å². The number of nitrogens with zero attached hydrogens (tertiary/aromatic N) is 1. The SMILES string of the molecule is CC1CCCCN1C(=O)C1c2ccccc2Oc2ccccc21. The largest absolute Gasteiger partial charge is 0.457 e. The summed E-state index contributed by atoms with van der Waals surface area (Å²) in [4.78, 5) is 15.4. The van der Waals surface area contributed by atoms with E-state index in [-0.39, 0.29) is 11.8 Å². The zero-order valence-corrected chi connectivity index (χ0v) is 13.4. The summed E-state index contributed by atoms with van der Waals surface area (Å²) in [5.41, 5.74) is 1.96. The van der Waals surface area contributed by atoms with Gasteiger partial charge in [0, 0.05) is 23.7 Å². The maximum atomic E-state index is 13.4. The molecule has 2 aliphatic rings. The zero-order valence-electron chi connectivity index (χ0n) is 13.4. The lowest BCUT2D eigenvalue weighted by Crippen LogP contribution is -2.45. The highest BCUT2D eigenvalue weighted by Gasteiger charge is 2.36. The van der Waals surface area contributed by atoms with Crippen LogP contribution < -0.4 is 4.74 Å². The van der Waals surface area contributed by atoms with Crippen molar-refractivity contribution in [1.29, 1.82) is 0 Å². The molecule has 2 aromatic carbocycles. The first-order valence-corrected chi connectivity index (χ1v) is 8.42. The Morgan fingerprint density at radius 2 is 1.61 bits per heavy atom. The standard InChI is InChI=1S/C20H21NO2/c1-14-8-6-7-13-21(14)20(22)19-15-9-2-4-11-17(15)23-18-12-5-3-10-16(18)19/h2-5,9-12,14,19H,6-8,13H2,1H3. The van der Waals surface area contributed by atoms with Crippen molar-refractivity contribution in [2.24, 2.45) is 0 Å². The molecule has 0 aromatic heterocycles. The van der Waals surface area contributed by atoms with Crippen LogP contribution in [-0.2, 0) is 4.79 Å². The summed E-state index contributed by atoms with van der Waals surface area (Å²) in [6, 6.07) is 16.1. The van der Waals surface area contributed by atoms with Gasteiger partial charge in [0.15, 0.2) is 0 Å². The molecule has 4 rings (SSSR count). The molecule has 118 valence electrons. The van der Waals surface area contributed by atoms with E-state index in [0.29, 0.717) is 6.04 Å². The molecule has 2 aromatic rings. The Morgan fingerprint density at radius 3 is 2.22 bits per heavy atom. The van der Waals surface area contributed by atoms with Crippen LogP contribution in [0.25, 0.3) is 0 Å². The summed E-state index contributed by atoms with van der Waals surface area (Å²) in [5.74, 6) is 1.56. The number of ether oxygens (including phenoxy) is 1. The Labute approximate surface area is 136 Å². The van der Waals surface area contributed by atoms with Crippen molar-refractivity contribution in [3.63, 3.8) is 0 Å². The van der Waals surface area contributed by atoms with Crippen molar-refractivity contribution < 1.29 is 9.53 Å². The Balaban J connectivity index is 1.79. The maximum Gasteiger partial charge on any atom is 0.235 e. The van der Waals surface area contributed by atoms with Gasteiger partial charge in [0.1, 0.15) is 11.5 Å². The predicted octanol–water partition coefficient (Wildman–Crippen LogP) is 4.33. The fourth-order valence-electron chi connectivity index (χ4n) is 3.77. The molecule has 0 saturated carbocycles. The number of benzene rings is 2. The molecule has 2 aliphatic heterocycles. The highest BCUT2D eigenvalue weighted by atomic mass is 16.5. The number of fused-ring (bicyclic) bond motifs is 2. The Morgan fingerprint density at radius 1 is 1.00 bits per heavy atom. The van der Waals surface area contributed by atoms with Gasteiger partial charge in [-0.15, -0.1) is 0 Å². The molecule has 3 heteroatoms. The summed E-state index contributed by atoms with van der Waals surface area (Å²) in [6.45, 7) is 3.02. The quantitative estimate of drug-likeness (QED) is 0.785. The van der Waals surface area contributed by atoms with Crippen LogP contribution in [0, 0.1) is 0 Å². The number of hydrogen-bond donors (Lipinski definition) is 0. The van der Waals surface area contributed by atoms with E-state index in [1.807, 2.05) is 48.5 Å². The van der Waals surface area contributed by atoms with Crippen LogP contribution in [0.3, 0.4) is 0 Å². The van der Waals surface area contributed by atoms with Gasteiger partial charge in [-0.1, -0.05) is 36.4 Å². The minimum absolute atomic E-state index is 0.209. The number of carbonyl (C=O) groups excluding carboxylic acids is 1. The first-order valence-electron chi connectivity index (χ1n) is 8.42. The molecule has 0 bridgehead atoms. The van der Waals surface area contributed by atoms with Crippen molar-refractivity contribution in [3.8, 4) is 11.5 Å². The average Bonchev–Trinajstić information content (AvgIpc) is 2.59. The van der Waals surface area contributed by atoms with Gasteiger partial charge in [0.25, 0.3) is 0 Å². The van der Waals surface area contributed by atoms with Crippen LogP contribution in [-0.4, -0.2) is 23.4 Å². The molecule has 2 heterocycles. The fraction of sp³-hybridized carbons (Fsp3) is 0.350. The van der Waals surface area contributed by atoms with E-state index in [0.717, 1.165) is 42.0 Å². The smallest absolute Gasteiger partial charge is 0.235 e. The number of likely N-dealkylation sites (tertiary alicyclic amines) is 1. The van der Waals surface area contributed by atoms with Gasteiger partial charge in [-0.25, -0.2) is 0 Å². The third kappa shape index (κ3) is 2.40. The number of rotatable bonds is 1. The highest BCUT2D eigenvalue weighted by molar-refractivity contribution is 5.90. The molecular weight excluding hydrogens is 286 g/mol. The van der Waals surface area contributed by atoms with Crippen LogP contribution in [0.5, 0.6) is 11.5 Å². The van der Waals surface area contributed by atoms with Crippen LogP contribution in [0.1, 0.15) is 43.2 Å². The molecule has 1 saturated heterocycles. The Hall–Kier alpha value is -2.29. The predicted molar refractivity (Wildman–Crippen MR) is 89.8 cm³/mol. The molecule has 1 amide bonds. The van der Waals surface area contributed by atoms with Crippen LogP contribution in [0.4, 0.5) is 0 Å². The molecule has 1 fully saturated rings. The van der Waals surface area contributed by atoms with Gasteiger partial charge in [-0.2, -0.15) is 0 Å². The number of hydrogen-bond acceptors (Lipinski definition) is 2. The van der Waals surface area contributed by atoms with Crippen molar-refractivity contribution >= 4 is 5.91 Å². The first-order chi connectivity index (χ1) is 11.3. The molecule has 3 nitrogen and oxygen atoms in total. The molecule has 0 aliphatic carbocycles. The number of amides is 1. The molecule has 1 atom stereocenters. The molecule has 1 unspecified atom stereocenters. The summed E-state index contributed by atoms with van der Waals surface area (Å²) in [6.07, 6.45) is 3.41. The Kier molecular flexibility index (Phi) is 3.56. The maximum absolute atomic E-state index is 13.4. The van der Waals surface area contributed by atoms with Crippen LogP contribution in [0.15, 0.2) is 48.5 Å². The van der Waals surface area contributed by atoms with Crippen molar-refractivity contribution in [3.05, 3.63) is 59.7 Å². The van der Waals surface area contributed by atoms with Crippen molar-refractivity contribution in [2.75, 3.05) is 6.54 Å². The second-order valence-electron chi connectivity index (χ2n) is 6.49. The van der Waals surface area contributed by atoms with Gasteiger partial charge in [-0.05, 0) is 38.3 Å². The topological polar surface area (TPSA) is 29.5 Å². The molecule has 23 heavy (non-hydrogen) atoms. The molecule has 0 N–H and O–H groups in total. The number of carbonyl (C=O) groups is 1. The van der Waals surface area contributed by atoms with E-state index in [4.69, 9.17) is 4.74 Å². The normalized spacial score (nSPS) is 20.4. The second-order valence-corrected chi connectivity index (χ2v) is 6.49. The fourth-order valence-corrected chi connectivity index (χ4v) is 3.77. The van der Waals surface area contributed by atoms with Gasteiger partial charge < -0.3 is 9.64 Å². The zero-order chi connectivity index (χ0) is 15.8. The third-order valence-corrected chi connectivity index (χ3v) is 5.01. The van der Waals surface area contributed by atoms with E-state index in [2.05, 4.69) is 11.8 Å². The Bertz CT molecular complexity index is 694. The summed E-state index contributed by atoms with van der Waals surface area (Å²) >= 11 is 0. The summed E-state index contributed by atoms with van der Waals surface area (Å²) in [5, 5.41) is 0. The van der Waals surface area contributed by atoms with E-state index in [1.54, 1.807) is 0 Å². The summed E-state index contributed by atoms with van der Waals surface area (Å²) < 4.78 is 6.00. The average molecular weight is 307 g/mol. The van der Waals surface area contributed by atoms with Crippen molar-refractivity contribution in [2.45, 2.75) is 38.1 Å². The van der Waals surface area contributed by atoms with Gasteiger partial charge >= 0.3 is 0 Å². The van der Waals surface area contributed by atoms with Gasteiger partial charge in [0.2, 0.25) is 5.91 Å². The number of para-hydroxylation sites is 2. The van der Waals surface area contributed by atoms with Gasteiger partial charge in [-0.3, -0.25) is 4.79 Å². The minimum atomic E-state index is -0.253. The minimum Gasteiger partial charge on any atom is -0.457 e. The molecular formula is C20H21NO2. The second kappa shape index (κ2) is 5.73. The van der Waals surface area contributed by atoms with Crippen molar-refractivity contribution in [1.82, 2.24) is 4.90 Å². The lowest BCUT2D eigenvalue weighted by atomic mass is 9.86. The van der Waals surface area contributed by atoms with E-state index in [9.17, 15) is 4.79 Å². The lowest BCUT2D eigenvalue weighted by molar-refractivity contribution is -0.135.